The number of hydrogen-bond acceptors (Lipinski definition) is 1. The Morgan fingerprint density at radius 3 is 3.29 bits per heavy atom. The number of carbonyl (C=O) groups is 1. The fourth-order valence-electron chi connectivity index (χ4n) is 1.98. The first-order valence-corrected chi connectivity index (χ1v) is 4.65. The molecule has 0 bridgehead atoms. The molecule has 3 rings (SSSR count). The molecular formula is C11H9N2O. The number of benzene rings is 1. The molecular weight excluding hydrogens is 176 g/mol. The van der Waals surface area contributed by atoms with Gasteiger partial charge in [-0.2, -0.15) is 0 Å². The van der Waals surface area contributed by atoms with Crippen LogP contribution in [0.3, 0.4) is 0 Å². The van der Waals surface area contributed by atoms with E-state index in [1.165, 1.54) is 0 Å². The second-order valence-corrected chi connectivity index (χ2v) is 3.46. The summed E-state index contributed by atoms with van der Waals surface area (Å²) in [5.41, 5.74) is 2.86. The van der Waals surface area contributed by atoms with Gasteiger partial charge < -0.3 is 10.3 Å². The molecule has 1 aliphatic heterocycles. The van der Waals surface area contributed by atoms with Crippen molar-refractivity contribution in [2.75, 3.05) is 6.54 Å². The number of amides is 1. The molecule has 1 amide bonds. The van der Waals surface area contributed by atoms with E-state index in [4.69, 9.17) is 0 Å². The Morgan fingerprint density at radius 1 is 1.43 bits per heavy atom. The van der Waals surface area contributed by atoms with Crippen LogP contribution in [0, 0.1) is 6.07 Å². The van der Waals surface area contributed by atoms with Gasteiger partial charge in [0, 0.05) is 17.4 Å². The zero-order valence-electron chi connectivity index (χ0n) is 7.55. The zero-order valence-corrected chi connectivity index (χ0v) is 7.55. The van der Waals surface area contributed by atoms with E-state index in [0.717, 1.165) is 29.4 Å². The van der Waals surface area contributed by atoms with Crippen LogP contribution in [0.1, 0.15) is 16.1 Å². The van der Waals surface area contributed by atoms with Crippen molar-refractivity contribution in [3.8, 4) is 0 Å². The summed E-state index contributed by atoms with van der Waals surface area (Å²) in [6, 6.07) is 8.76. The van der Waals surface area contributed by atoms with E-state index >= 15 is 0 Å². The molecule has 2 heterocycles. The van der Waals surface area contributed by atoms with Crippen molar-refractivity contribution in [3.05, 3.63) is 35.5 Å². The molecule has 2 N–H and O–H groups in total. The summed E-state index contributed by atoms with van der Waals surface area (Å²) in [4.78, 5) is 14.6. The Hall–Kier alpha value is -1.77. The Balaban J connectivity index is 2.38. The van der Waals surface area contributed by atoms with Gasteiger partial charge >= 0.3 is 0 Å². The lowest BCUT2D eigenvalue weighted by atomic mass is 10.0. The van der Waals surface area contributed by atoms with Gasteiger partial charge in [0.05, 0.1) is 0 Å². The first-order valence-electron chi connectivity index (χ1n) is 4.65. The van der Waals surface area contributed by atoms with Crippen LogP contribution in [0.15, 0.2) is 18.2 Å². The molecule has 14 heavy (non-hydrogen) atoms. The van der Waals surface area contributed by atoms with Gasteiger partial charge in [-0.1, -0.05) is 6.07 Å². The van der Waals surface area contributed by atoms with E-state index < -0.39 is 0 Å². The molecule has 0 unspecified atom stereocenters. The summed E-state index contributed by atoms with van der Waals surface area (Å²) in [6.07, 6.45) is 0.902. The molecule has 3 heteroatoms. The van der Waals surface area contributed by atoms with E-state index in [0.29, 0.717) is 5.69 Å². The Kier molecular flexibility index (Phi) is 1.42. The largest absolute Gasteiger partial charge is 0.350 e. The summed E-state index contributed by atoms with van der Waals surface area (Å²) in [5, 5.41) is 3.94. The van der Waals surface area contributed by atoms with Crippen LogP contribution in [-0.2, 0) is 6.42 Å². The maximum atomic E-state index is 11.5. The normalized spacial score (nSPS) is 15.3. The van der Waals surface area contributed by atoms with Crippen molar-refractivity contribution in [1.29, 1.82) is 0 Å². The molecule has 1 aliphatic rings. The molecule has 3 nitrogen and oxygen atoms in total. The minimum absolute atomic E-state index is 0.00227. The minimum atomic E-state index is 0.00227. The SMILES string of the molecule is O=C1NCCc2c1[nH]c1cc[c]cc21. The number of carbonyl (C=O) groups excluding carboxylic acids is 1. The van der Waals surface area contributed by atoms with Crippen LogP contribution >= 0.6 is 0 Å². The van der Waals surface area contributed by atoms with Gasteiger partial charge in [0.1, 0.15) is 5.69 Å². The average molecular weight is 185 g/mol. The van der Waals surface area contributed by atoms with Gasteiger partial charge in [-0.3, -0.25) is 4.79 Å². The average Bonchev–Trinajstić information content (AvgIpc) is 2.59. The molecule has 1 radical (unpaired) electrons. The molecule has 1 aromatic carbocycles. The first-order chi connectivity index (χ1) is 6.86. The first kappa shape index (κ1) is 7.62. The number of nitrogens with one attached hydrogen (secondary N) is 2. The molecule has 1 aromatic heterocycles. The van der Waals surface area contributed by atoms with Crippen molar-refractivity contribution in [2.45, 2.75) is 6.42 Å². The fourth-order valence-corrected chi connectivity index (χ4v) is 1.98. The number of hydrogen-bond donors (Lipinski definition) is 2. The van der Waals surface area contributed by atoms with Crippen molar-refractivity contribution >= 4 is 16.8 Å². The second-order valence-electron chi connectivity index (χ2n) is 3.46. The number of aromatic nitrogens is 1. The predicted octanol–water partition coefficient (Wildman–Crippen LogP) is 1.25. The van der Waals surface area contributed by atoms with E-state index in [1.54, 1.807) is 0 Å². The summed E-state index contributed by atoms with van der Waals surface area (Å²) in [5.74, 6) is 0.00227. The lowest BCUT2D eigenvalue weighted by molar-refractivity contribution is 0.0942. The Morgan fingerprint density at radius 2 is 2.36 bits per heavy atom. The molecule has 0 spiro atoms. The molecule has 0 fully saturated rings. The monoisotopic (exact) mass is 185 g/mol. The van der Waals surface area contributed by atoms with Crippen LogP contribution in [0.2, 0.25) is 0 Å². The van der Waals surface area contributed by atoms with Crippen LogP contribution in [0.5, 0.6) is 0 Å². The predicted molar refractivity (Wildman–Crippen MR) is 53.2 cm³/mol. The third-order valence-electron chi connectivity index (χ3n) is 2.64. The lowest BCUT2D eigenvalue weighted by Crippen LogP contribution is -2.31. The smallest absolute Gasteiger partial charge is 0.268 e. The van der Waals surface area contributed by atoms with Crippen molar-refractivity contribution < 1.29 is 4.79 Å². The van der Waals surface area contributed by atoms with Crippen LogP contribution in [0.4, 0.5) is 0 Å². The van der Waals surface area contributed by atoms with Gasteiger partial charge in [-0.05, 0) is 30.2 Å². The second kappa shape index (κ2) is 2.61. The maximum absolute atomic E-state index is 11.5. The number of aromatic amines is 1. The van der Waals surface area contributed by atoms with Crippen molar-refractivity contribution in [1.82, 2.24) is 10.3 Å². The number of fused-ring (bicyclic) bond motifs is 3. The maximum Gasteiger partial charge on any atom is 0.268 e. The summed E-state index contributed by atoms with van der Waals surface area (Å²) in [6.45, 7) is 0.730. The molecule has 0 aliphatic carbocycles. The highest BCUT2D eigenvalue weighted by atomic mass is 16.1. The standard InChI is InChI=1S/C11H9N2O/c14-11-10-8(5-6-12-11)7-3-1-2-4-9(7)13-10/h2-4,13H,5-6H2,(H,12,14). The molecule has 0 atom stereocenters. The van der Waals surface area contributed by atoms with Crippen molar-refractivity contribution in [3.63, 3.8) is 0 Å². The molecule has 2 aromatic rings. The van der Waals surface area contributed by atoms with E-state index in [2.05, 4.69) is 16.4 Å². The van der Waals surface area contributed by atoms with Crippen molar-refractivity contribution in [2.24, 2.45) is 0 Å². The lowest BCUT2D eigenvalue weighted by Gasteiger charge is -2.11. The summed E-state index contributed by atoms with van der Waals surface area (Å²) >= 11 is 0. The molecule has 69 valence electrons. The van der Waals surface area contributed by atoms with Gasteiger partial charge in [0.25, 0.3) is 5.91 Å². The van der Waals surface area contributed by atoms with Gasteiger partial charge in [-0.25, -0.2) is 0 Å². The number of H-pyrrole nitrogens is 1. The number of rotatable bonds is 0. The summed E-state index contributed by atoms with van der Waals surface area (Å²) in [7, 11) is 0. The molecule has 0 saturated heterocycles. The summed E-state index contributed by atoms with van der Waals surface area (Å²) < 4.78 is 0. The van der Waals surface area contributed by atoms with E-state index in [1.807, 2.05) is 18.2 Å². The van der Waals surface area contributed by atoms with Gasteiger partial charge in [0.2, 0.25) is 0 Å². The van der Waals surface area contributed by atoms with Crippen LogP contribution in [-0.4, -0.2) is 17.4 Å². The zero-order chi connectivity index (χ0) is 9.54. The minimum Gasteiger partial charge on any atom is -0.350 e. The quantitative estimate of drug-likeness (QED) is 0.637. The highest BCUT2D eigenvalue weighted by Crippen LogP contribution is 2.24. The third-order valence-corrected chi connectivity index (χ3v) is 2.64. The van der Waals surface area contributed by atoms with Crippen LogP contribution in [0.25, 0.3) is 10.9 Å². The van der Waals surface area contributed by atoms with Crippen LogP contribution < -0.4 is 5.32 Å². The highest BCUT2D eigenvalue weighted by molar-refractivity contribution is 6.02. The van der Waals surface area contributed by atoms with Gasteiger partial charge in [-0.15, -0.1) is 0 Å². The highest BCUT2D eigenvalue weighted by Gasteiger charge is 2.20. The Bertz CT molecular complexity index is 513. The topological polar surface area (TPSA) is 44.9 Å². The molecule has 0 saturated carbocycles. The van der Waals surface area contributed by atoms with Gasteiger partial charge in [0.15, 0.2) is 0 Å². The van der Waals surface area contributed by atoms with E-state index in [-0.39, 0.29) is 5.91 Å². The van der Waals surface area contributed by atoms with E-state index in [9.17, 15) is 4.79 Å². The fraction of sp³-hybridized carbons (Fsp3) is 0.182. The Labute approximate surface area is 81.1 Å². The third kappa shape index (κ3) is 0.894.